The first-order chi connectivity index (χ1) is 9.56. The third kappa shape index (κ3) is 1.91. The summed E-state index contributed by atoms with van der Waals surface area (Å²) in [5, 5.41) is 17.2. The highest BCUT2D eigenvalue weighted by Gasteiger charge is 2.14. The molecule has 1 N–H and O–H groups in total. The lowest BCUT2D eigenvalue weighted by molar-refractivity contribution is -0.136. The van der Waals surface area contributed by atoms with Crippen molar-refractivity contribution < 1.29 is 9.90 Å². The zero-order valence-electron chi connectivity index (χ0n) is 11.0. The van der Waals surface area contributed by atoms with Crippen LogP contribution in [0.5, 0.6) is 0 Å². The van der Waals surface area contributed by atoms with Crippen LogP contribution in [0, 0.1) is 6.92 Å². The minimum absolute atomic E-state index is 0.227. The molecular weight excluding hydrogens is 260 g/mol. The quantitative estimate of drug-likeness (QED) is 0.743. The molecule has 0 spiro atoms. The number of carboxylic acid groups (broad SMARTS) is 1. The SMILES string of the molecule is Cc1c(-c2ccnc3nc(CC(=O)O)nn23)cnn1C. The summed E-state index contributed by atoms with van der Waals surface area (Å²) in [6, 6.07) is 1.80. The van der Waals surface area contributed by atoms with Crippen molar-refractivity contribution in [1.82, 2.24) is 29.4 Å². The van der Waals surface area contributed by atoms with Crippen molar-refractivity contribution in [1.29, 1.82) is 0 Å². The molecular formula is C12H12N6O2. The fourth-order valence-electron chi connectivity index (χ4n) is 2.00. The molecule has 0 aliphatic carbocycles. The van der Waals surface area contributed by atoms with Gasteiger partial charge in [-0.25, -0.2) is 4.98 Å². The Bertz CT molecular complexity index is 803. The summed E-state index contributed by atoms with van der Waals surface area (Å²) in [4.78, 5) is 18.9. The molecule has 3 aromatic rings. The molecule has 0 aliphatic heterocycles. The molecule has 0 aromatic carbocycles. The zero-order chi connectivity index (χ0) is 14.3. The molecule has 0 fully saturated rings. The van der Waals surface area contributed by atoms with Crippen LogP contribution in [-0.4, -0.2) is 40.4 Å². The second-order valence-corrected chi connectivity index (χ2v) is 4.41. The van der Waals surface area contributed by atoms with Gasteiger partial charge >= 0.3 is 5.97 Å². The average molecular weight is 272 g/mol. The molecule has 20 heavy (non-hydrogen) atoms. The lowest BCUT2D eigenvalue weighted by Gasteiger charge is -2.02. The molecule has 8 heteroatoms. The molecule has 0 atom stereocenters. The summed E-state index contributed by atoms with van der Waals surface area (Å²) in [5.74, 6) is -0.360. The summed E-state index contributed by atoms with van der Waals surface area (Å²) in [6.45, 7) is 1.95. The molecule has 3 aromatic heterocycles. The molecule has 0 saturated heterocycles. The number of nitrogens with zero attached hydrogens (tertiary/aromatic N) is 6. The third-order valence-electron chi connectivity index (χ3n) is 3.11. The maximum absolute atomic E-state index is 10.7. The van der Waals surface area contributed by atoms with Gasteiger partial charge in [0.25, 0.3) is 5.78 Å². The number of rotatable bonds is 3. The smallest absolute Gasteiger partial charge is 0.311 e. The van der Waals surface area contributed by atoms with Gasteiger partial charge in [0, 0.05) is 24.5 Å². The first-order valence-corrected chi connectivity index (χ1v) is 5.97. The minimum Gasteiger partial charge on any atom is -0.481 e. The van der Waals surface area contributed by atoms with Crippen LogP contribution in [0.2, 0.25) is 0 Å². The van der Waals surface area contributed by atoms with E-state index in [-0.39, 0.29) is 12.2 Å². The molecule has 0 unspecified atom stereocenters. The highest BCUT2D eigenvalue weighted by atomic mass is 16.4. The number of aromatic nitrogens is 6. The Morgan fingerprint density at radius 3 is 2.90 bits per heavy atom. The van der Waals surface area contributed by atoms with E-state index in [0.29, 0.717) is 5.78 Å². The maximum atomic E-state index is 10.7. The van der Waals surface area contributed by atoms with Crippen molar-refractivity contribution in [2.75, 3.05) is 0 Å². The summed E-state index contributed by atoms with van der Waals surface area (Å²) in [5.41, 5.74) is 2.67. The molecule has 0 aliphatic rings. The Balaban J connectivity index is 2.18. The van der Waals surface area contributed by atoms with Crippen LogP contribution in [0.1, 0.15) is 11.5 Å². The Hall–Kier alpha value is -2.77. The van der Waals surface area contributed by atoms with E-state index in [2.05, 4.69) is 20.2 Å². The van der Waals surface area contributed by atoms with Gasteiger partial charge in [0.15, 0.2) is 5.82 Å². The average Bonchev–Trinajstić information content (AvgIpc) is 2.93. The van der Waals surface area contributed by atoms with Gasteiger partial charge in [0.1, 0.15) is 6.42 Å². The molecule has 3 heterocycles. The predicted molar refractivity (Wildman–Crippen MR) is 69.1 cm³/mol. The molecule has 0 amide bonds. The number of fused-ring (bicyclic) bond motifs is 1. The summed E-state index contributed by atoms with van der Waals surface area (Å²) in [6.07, 6.45) is 3.13. The monoisotopic (exact) mass is 272 g/mol. The molecule has 3 rings (SSSR count). The van der Waals surface area contributed by atoms with Crippen LogP contribution in [-0.2, 0) is 18.3 Å². The number of hydrogen-bond acceptors (Lipinski definition) is 5. The van der Waals surface area contributed by atoms with E-state index < -0.39 is 5.97 Å². The molecule has 8 nitrogen and oxygen atoms in total. The van der Waals surface area contributed by atoms with Crippen molar-refractivity contribution in [3.8, 4) is 11.3 Å². The maximum Gasteiger partial charge on any atom is 0.311 e. The summed E-state index contributed by atoms with van der Waals surface area (Å²) in [7, 11) is 1.86. The van der Waals surface area contributed by atoms with Crippen molar-refractivity contribution in [3.63, 3.8) is 0 Å². The Kier molecular flexibility index (Phi) is 2.70. The largest absolute Gasteiger partial charge is 0.481 e. The number of carboxylic acids is 1. The number of carbonyl (C=O) groups is 1. The minimum atomic E-state index is -0.972. The first-order valence-electron chi connectivity index (χ1n) is 5.97. The van der Waals surface area contributed by atoms with Crippen molar-refractivity contribution in [2.24, 2.45) is 7.05 Å². The third-order valence-corrected chi connectivity index (χ3v) is 3.11. The Labute approximate surface area is 113 Å². The fourth-order valence-corrected chi connectivity index (χ4v) is 2.00. The first kappa shape index (κ1) is 12.3. The predicted octanol–water partition coefficient (Wildman–Crippen LogP) is 0.460. The second-order valence-electron chi connectivity index (χ2n) is 4.41. The van der Waals surface area contributed by atoms with Gasteiger partial charge in [-0.3, -0.25) is 9.48 Å². The van der Waals surface area contributed by atoms with Gasteiger partial charge < -0.3 is 5.11 Å². The highest BCUT2D eigenvalue weighted by Crippen LogP contribution is 2.22. The van der Waals surface area contributed by atoms with E-state index in [1.807, 2.05) is 14.0 Å². The van der Waals surface area contributed by atoms with E-state index in [1.54, 1.807) is 27.7 Å². The van der Waals surface area contributed by atoms with E-state index in [9.17, 15) is 4.79 Å². The van der Waals surface area contributed by atoms with Gasteiger partial charge in [0.2, 0.25) is 0 Å². The van der Waals surface area contributed by atoms with E-state index in [4.69, 9.17) is 5.11 Å². The van der Waals surface area contributed by atoms with Gasteiger partial charge in [-0.15, -0.1) is 5.10 Å². The van der Waals surface area contributed by atoms with Crippen LogP contribution in [0.3, 0.4) is 0 Å². The lowest BCUT2D eigenvalue weighted by atomic mass is 10.2. The van der Waals surface area contributed by atoms with Crippen molar-refractivity contribution in [2.45, 2.75) is 13.3 Å². The molecule has 102 valence electrons. The Morgan fingerprint density at radius 2 is 2.25 bits per heavy atom. The highest BCUT2D eigenvalue weighted by molar-refractivity contribution is 5.69. The van der Waals surface area contributed by atoms with E-state index in [0.717, 1.165) is 17.0 Å². The van der Waals surface area contributed by atoms with Crippen molar-refractivity contribution in [3.05, 3.63) is 30.0 Å². The van der Waals surface area contributed by atoms with Gasteiger partial charge in [-0.05, 0) is 13.0 Å². The summed E-state index contributed by atoms with van der Waals surface area (Å²) >= 11 is 0. The zero-order valence-corrected chi connectivity index (χ0v) is 11.0. The topological polar surface area (TPSA) is 98.2 Å². The van der Waals surface area contributed by atoms with Gasteiger partial charge in [-0.2, -0.15) is 14.6 Å². The number of hydrogen-bond donors (Lipinski definition) is 1. The molecule has 0 radical (unpaired) electrons. The van der Waals surface area contributed by atoms with Crippen LogP contribution < -0.4 is 0 Å². The lowest BCUT2D eigenvalue weighted by Crippen LogP contribution is -2.02. The van der Waals surface area contributed by atoms with Gasteiger partial charge in [0.05, 0.1) is 11.9 Å². The Morgan fingerprint density at radius 1 is 1.45 bits per heavy atom. The second kappa shape index (κ2) is 4.41. The number of aryl methyl sites for hydroxylation is 1. The normalized spacial score (nSPS) is 11.1. The summed E-state index contributed by atoms with van der Waals surface area (Å²) < 4.78 is 3.30. The molecule has 0 bridgehead atoms. The van der Waals surface area contributed by atoms with Crippen molar-refractivity contribution >= 4 is 11.7 Å². The van der Waals surface area contributed by atoms with Crippen LogP contribution >= 0.6 is 0 Å². The standard InChI is InChI=1S/C12H12N6O2/c1-7-8(6-14-17(7)2)9-3-4-13-12-15-10(5-11(19)20)16-18(9)12/h3-4,6H,5H2,1-2H3,(H,19,20). The van der Waals surface area contributed by atoms with E-state index >= 15 is 0 Å². The number of aliphatic carboxylic acids is 1. The molecule has 0 saturated carbocycles. The van der Waals surface area contributed by atoms with Crippen LogP contribution in [0.15, 0.2) is 18.5 Å². The van der Waals surface area contributed by atoms with Gasteiger partial charge in [-0.1, -0.05) is 0 Å². The van der Waals surface area contributed by atoms with Crippen LogP contribution in [0.25, 0.3) is 17.0 Å². The fraction of sp³-hybridized carbons (Fsp3) is 0.250. The van der Waals surface area contributed by atoms with Crippen LogP contribution in [0.4, 0.5) is 0 Å². The van der Waals surface area contributed by atoms with E-state index in [1.165, 1.54) is 0 Å².